The maximum atomic E-state index is 12.3. The van der Waals surface area contributed by atoms with Crippen molar-refractivity contribution in [2.75, 3.05) is 20.3 Å². The Balaban J connectivity index is 1.66. The van der Waals surface area contributed by atoms with Crippen LogP contribution < -0.4 is 15.1 Å². The van der Waals surface area contributed by atoms with Crippen molar-refractivity contribution in [1.29, 1.82) is 0 Å². The fourth-order valence-electron chi connectivity index (χ4n) is 5.63. The second kappa shape index (κ2) is 11.7. The first-order valence-corrected chi connectivity index (χ1v) is 15.2. The fourth-order valence-corrected chi connectivity index (χ4v) is 10.3. The molecule has 3 aromatic carbocycles. The van der Waals surface area contributed by atoms with Gasteiger partial charge in [-0.05, 0) is 46.5 Å². The maximum absolute atomic E-state index is 12.3. The number of phenols is 1. The zero-order valence-corrected chi connectivity index (χ0v) is 24.6. The highest BCUT2D eigenvalue weighted by molar-refractivity contribution is 6.99. The zero-order chi connectivity index (χ0) is 29.1. The van der Waals surface area contributed by atoms with Crippen molar-refractivity contribution in [1.82, 2.24) is 4.90 Å². The van der Waals surface area contributed by atoms with Crippen LogP contribution in [0.3, 0.4) is 0 Å². The van der Waals surface area contributed by atoms with Crippen LogP contribution in [0.25, 0.3) is 0 Å². The number of nitrogens with zero attached hydrogens (tertiary/aromatic N) is 1. The smallest absolute Gasteiger partial charge is 0.407 e. The van der Waals surface area contributed by atoms with Crippen LogP contribution in [0.1, 0.15) is 43.1 Å². The molecule has 4 rings (SSSR count). The van der Waals surface area contributed by atoms with Gasteiger partial charge in [0.1, 0.15) is 23.7 Å². The van der Waals surface area contributed by atoms with E-state index in [2.05, 4.69) is 45.0 Å². The number of aromatic hydroxyl groups is 1. The molecular formula is C31H37NO7Si. The summed E-state index contributed by atoms with van der Waals surface area (Å²) in [4.78, 5) is 26.0. The number of esters is 1. The van der Waals surface area contributed by atoms with Crippen LogP contribution in [0, 0.1) is 6.92 Å². The van der Waals surface area contributed by atoms with Crippen LogP contribution in [0.2, 0.25) is 5.04 Å². The summed E-state index contributed by atoms with van der Waals surface area (Å²) < 4.78 is 18.0. The minimum atomic E-state index is -2.89. The molecular weight excluding hydrogens is 526 g/mol. The number of rotatable bonds is 8. The zero-order valence-electron chi connectivity index (χ0n) is 23.6. The number of carboxylic acid groups (broad SMARTS) is 1. The molecule has 2 atom stereocenters. The fraction of sp³-hybridized carbons (Fsp3) is 0.355. The number of aryl methyl sites for hydroxylation is 1. The molecule has 3 aromatic rings. The van der Waals surface area contributed by atoms with Crippen LogP contribution in [-0.2, 0) is 9.16 Å². The molecule has 1 aliphatic heterocycles. The predicted octanol–water partition coefficient (Wildman–Crippen LogP) is 4.56. The highest BCUT2D eigenvalue weighted by Crippen LogP contribution is 2.39. The van der Waals surface area contributed by atoms with E-state index in [0.29, 0.717) is 12.0 Å². The molecule has 2 N–H and O–H groups in total. The van der Waals surface area contributed by atoms with Gasteiger partial charge in [-0.2, -0.15) is 0 Å². The Bertz CT molecular complexity index is 1300. The quantitative estimate of drug-likeness (QED) is 0.306. The number of benzene rings is 3. The summed E-state index contributed by atoms with van der Waals surface area (Å²) in [5, 5.41) is 22.4. The van der Waals surface area contributed by atoms with Crippen molar-refractivity contribution < 1.29 is 33.7 Å². The number of hydrogen-bond donors (Lipinski definition) is 2. The lowest BCUT2D eigenvalue weighted by Crippen LogP contribution is -2.67. The molecule has 1 saturated heterocycles. The van der Waals surface area contributed by atoms with Crippen LogP contribution in [0.4, 0.5) is 4.79 Å². The van der Waals surface area contributed by atoms with Crippen molar-refractivity contribution in [3.05, 3.63) is 83.9 Å². The Kier molecular flexibility index (Phi) is 8.56. The van der Waals surface area contributed by atoms with Gasteiger partial charge < -0.3 is 24.1 Å². The third-order valence-corrected chi connectivity index (χ3v) is 12.5. The normalized spacial score (nSPS) is 17.5. The number of carbonyl (C=O) groups is 2. The summed E-state index contributed by atoms with van der Waals surface area (Å²) >= 11 is 0. The van der Waals surface area contributed by atoms with Crippen LogP contribution >= 0.6 is 0 Å². The monoisotopic (exact) mass is 563 g/mol. The molecule has 0 saturated carbocycles. The van der Waals surface area contributed by atoms with Gasteiger partial charge in [0.15, 0.2) is 0 Å². The first-order chi connectivity index (χ1) is 19.0. The second-order valence-electron chi connectivity index (χ2n) is 11.2. The van der Waals surface area contributed by atoms with Gasteiger partial charge in [-0.25, -0.2) is 9.59 Å². The van der Waals surface area contributed by atoms with E-state index in [1.54, 1.807) is 13.0 Å². The topological polar surface area (TPSA) is 106 Å². The van der Waals surface area contributed by atoms with Gasteiger partial charge in [0.25, 0.3) is 8.32 Å². The Morgan fingerprint density at radius 3 is 2.08 bits per heavy atom. The van der Waals surface area contributed by atoms with E-state index < -0.39 is 26.4 Å². The van der Waals surface area contributed by atoms with Crippen LogP contribution in [0.5, 0.6) is 11.5 Å². The average Bonchev–Trinajstić information content (AvgIpc) is 3.33. The number of amides is 1. The number of carbonyl (C=O) groups excluding carboxylic acids is 1. The number of ether oxygens (including phenoxy) is 2. The van der Waals surface area contributed by atoms with Crippen LogP contribution in [0.15, 0.2) is 72.8 Å². The third-order valence-electron chi connectivity index (χ3n) is 7.43. The second-order valence-corrected chi connectivity index (χ2v) is 15.4. The Hall–Kier alpha value is -3.82. The van der Waals surface area contributed by atoms with Gasteiger partial charge in [0.2, 0.25) is 0 Å². The molecule has 8 nitrogen and oxygen atoms in total. The van der Waals surface area contributed by atoms with E-state index in [1.807, 2.05) is 36.4 Å². The summed E-state index contributed by atoms with van der Waals surface area (Å²) in [7, 11) is -1.67. The Morgan fingerprint density at radius 2 is 1.57 bits per heavy atom. The summed E-state index contributed by atoms with van der Waals surface area (Å²) in [6, 6.07) is 23.0. The number of hydrogen-bond acceptors (Lipinski definition) is 6. The van der Waals surface area contributed by atoms with E-state index in [9.17, 15) is 19.8 Å². The molecule has 0 spiro atoms. The Labute approximate surface area is 236 Å². The molecule has 0 aliphatic carbocycles. The van der Waals surface area contributed by atoms with Crippen molar-refractivity contribution in [2.45, 2.75) is 51.3 Å². The first kappa shape index (κ1) is 29.2. The average molecular weight is 564 g/mol. The SMILES string of the molecule is COC(=O)c1c(O)cc(C)cc1OC[C@H]1C[C@H](O[Si](c2ccccc2)(c2ccccc2)C(C)(C)C)CN1C(=O)O. The maximum Gasteiger partial charge on any atom is 0.407 e. The minimum Gasteiger partial charge on any atom is -0.507 e. The molecule has 1 aliphatic rings. The van der Waals surface area contributed by atoms with Gasteiger partial charge in [-0.15, -0.1) is 0 Å². The lowest BCUT2D eigenvalue weighted by atomic mass is 10.1. The van der Waals surface area contributed by atoms with Gasteiger partial charge in [0, 0.05) is 6.54 Å². The Morgan fingerprint density at radius 1 is 1.00 bits per heavy atom. The number of phenolic OH excluding ortho intramolecular Hbond substituents is 1. The van der Waals surface area contributed by atoms with E-state index in [-0.39, 0.29) is 41.4 Å². The largest absolute Gasteiger partial charge is 0.507 e. The lowest BCUT2D eigenvalue weighted by Gasteiger charge is -2.44. The molecule has 9 heteroatoms. The van der Waals surface area contributed by atoms with E-state index in [1.165, 1.54) is 18.1 Å². The standard InChI is InChI=1S/C31H37NO7Si/c1-21-16-26(33)28(29(34)37-5)27(17-21)38-20-22-18-23(19-32(22)30(35)36)39-40(31(2,3)4,24-12-8-6-9-13-24)25-14-10-7-11-15-25/h6-17,22-23,33H,18-20H2,1-5H3,(H,35,36)/t22-,23+/m1/s1. The highest BCUT2D eigenvalue weighted by Gasteiger charge is 2.53. The summed E-state index contributed by atoms with van der Waals surface area (Å²) in [5.74, 6) is -0.843. The number of methoxy groups -OCH3 is 1. The summed E-state index contributed by atoms with van der Waals surface area (Å²) in [5.41, 5.74) is 0.600. The van der Waals surface area contributed by atoms with Gasteiger partial charge in [-0.3, -0.25) is 4.90 Å². The molecule has 0 aromatic heterocycles. The van der Waals surface area contributed by atoms with Crippen molar-refractivity contribution in [3.8, 4) is 11.5 Å². The van der Waals surface area contributed by atoms with Gasteiger partial charge in [-0.1, -0.05) is 81.4 Å². The highest BCUT2D eigenvalue weighted by atomic mass is 28.4. The number of likely N-dealkylation sites (tertiary alicyclic amines) is 1. The van der Waals surface area contributed by atoms with E-state index in [0.717, 1.165) is 10.4 Å². The molecule has 1 amide bonds. The molecule has 0 bridgehead atoms. The summed E-state index contributed by atoms with van der Waals surface area (Å²) in [6.45, 7) is 8.49. The molecule has 0 unspecified atom stereocenters. The third kappa shape index (κ3) is 5.71. The van der Waals surface area contributed by atoms with Crippen LogP contribution in [-0.4, -0.2) is 67.9 Å². The predicted molar refractivity (Wildman–Crippen MR) is 155 cm³/mol. The molecule has 1 fully saturated rings. The molecule has 212 valence electrons. The minimum absolute atomic E-state index is 0.0141. The molecule has 40 heavy (non-hydrogen) atoms. The van der Waals surface area contributed by atoms with E-state index >= 15 is 0 Å². The first-order valence-electron chi connectivity index (χ1n) is 13.3. The van der Waals surface area contributed by atoms with Crippen molar-refractivity contribution in [2.24, 2.45) is 0 Å². The molecule has 1 heterocycles. The van der Waals surface area contributed by atoms with Gasteiger partial charge in [0.05, 0.1) is 19.3 Å². The van der Waals surface area contributed by atoms with Crippen molar-refractivity contribution >= 4 is 30.8 Å². The van der Waals surface area contributed by atoms with Crippen molar-refractivity contribution in [3.63, 3.8) is 0 Å². The molecule has 0 radical (unpaired) electrons. The summed E-state index contributed by atoms with van der Waals surface area (Å²) in [6.07, 6.45) is -1.02. The van der Waals surface area contributed by atoms with Gasteiger partial charge >= 0.3 is 12.1 Å². The van der Waals surface area contributed by atoms with E-state index in [4.69, 9.17) is 13.9 Å². The lowest BCUT2D eigenvalue weighted by molar-refractivity contribution is 0.0589.